The molecule has 1 spiro atoms. The van der Waals surface area contributed by atoms with Crippen LogP contribution in [0.2, 0.25) is 0 Å². The quantitative estimate of drug-likeness (QED) is 0.821. The average Bonchev–Trinajstić information content (AvgIpc) is 3.18. The summed E-state index contributed by atoms with van der Waals surface area (Å²) in [5, 5.41) is 4.35. The summed E-state index contributed by atoms with van der Waals surface area (Å²) in [5.74, 6) is 0.430. The molecule has 1 amide bonds. The number of rotatable bonds is 4. The maximum absolute atomic E-state index is 13.7. The number of hydrogen-bond donors (Lipinski definition) is 0. The highest BCUT2D eigenvalue weighted by molar-refractivity contribution is 8.01. The summed E-state index contributed by atoms with van der Waals surface area (Å²) in [6.07, 6.45) is 2.24. The number of hydrogen-bond acceptors (Lipinski definition) is 5. The molecule has 0 bridgehead atoms. The number of ether oxygens (including phenoxy) is 1. The van der Waals surface area contributed by atoms with E-state index in [-0.39, 0.29) is 22.6 Å². The minimum absolute atomic E-state index is 0.0116. The van der Waals surface area contributed by atoms with E-state index in [0.717, 1.165) is 17.9 Å². The van der Waals surface area contributed by atoms with Gasteiger partial charge in [0.15, 0.2) is 5.82 Å². The highest BCUT2D eigenvalue weighted by Crippen LogP contribution is 2.46. The van der Waals surface area contributed by atoms with Crippen molar-refractivity contribution in [2.75, 3.05) is 18.8 Å². The molecule has 2 aliphatic rings. The highest BCUT2D eigenvalue weighted by Gasteiger charge is 2.51. The van der Waals surface area contributed by atoms with E-state index in [4.69, 9.17) is 4.74 Å². The normalized spacial score (nSPS) is 21.0. The van der Waals surface area contributed by atoms with Gasteiger partial charge in [-0.1, -0.05) is 0 Å². The van der Waals surface area contributed by atoms with Crippen molar-refractivity contribution in [3.8, 4) is 5.88 Å². The van der Waals surface area contributed by atoms with Crippen LogP contribution in [0.3, 0.4) is 0 Å². The molecule has 4 heterocycles. The third-order valence-electron chi connectivity index (χ3n) is 4.84. The van der Waals surface area contributed by atoms with Gasteiger partial charge in [0.25, 0.3) is 11.8 Å². The van der Waals surface area contributed by atoms with Crippen LogP contribution in [0.5, 0.6) is 5.88 Å². The zero-order valence-corrected chi connectivity index (χ0v) is 15.6. The number of aryl methyl sites for hydroxylation is 2. The van der Waals surface area contributed by atoms with E-state index in [0.29, 0.717) is 25.3 Å². The maximum Gasteiger partial charge on any atom is 0.272 e. The Morgan fingerprint density at radius 3 is 3.04 bits per heavy atom. The Hall–Kier alpha value is -2.09. The van der Waals surface area contributed by atoms with Crippen LogP contribution in [0.1, 0.15) is 29.5 Å². The molecule has 26 heavy (non-hydrogen) atoms. The molecule has 4 rings (SSSR count). The fraction of sp³-hybridized carbons (Fsp3) is 0.500. The van der Waals surface area contributed by atoms with Gasteiger partial charge >= 0.3 is 0 Å². The van der Waals surface area contributed by atoms with Crippen LogP contribution in [0, 0.1) is 12.7 Å². The number of aromatic nitrogens is 3. The number of carbonyl (C=O) groups excluding carboxylic acids is 1. The van der Waals surface area contributed by atoms with Crippen molar-refractivity contribution >= 4 is 17.7 Å². The van der Waals surface area contributed by atoms with E-state index < -0.39 is 5.82 Å². The molecular weight excluding hydrogens is 355 g/mol. The van der Waals surface area contributed by atoms with Gasteiger partial charge in [-0.2, -0.15) is 5.10 Å². The van der Waals surface area contributed by atoms with Gasteiger partial charge in [0.05, 0.1) is 10.4 Å². The molecule has 0 unspecified atom stereocenters. The van der Waals surface area contributed by atoms with Gasteiger partial charge in [-0.05, 0) is 32.0 Å². The maximum atomic E-state index is 13.7. The first-order valence-electron chi connectivity index (χ1n) is 8.74. The minimum atomic E-state index is -0.438. The van der Waals surface area contributed by atoms with Crippen molar-refractivity contribution in [1.82, 2.24) is 19.7 Å². The smallest absolute Gasteiger partial charge is 0.272 e. The lowest BCUT2D eigenvalue weighted by Gasteiger charge is -2.47. The summed E-state index contributed by atoms with van der Waals surface area (Å²) in [7, 11) is 0. The molecule has 0 N–H and O–H groups in total. The van der Waals surface area contributed by atoms with Crippen LogP contribution in [-0.2, 0) is 6.54 Å². The lowest BCUT2D eigenvalue weighted by Crippen LogP contribution is -2.61. The molecule has 2 aromatic rings. The minimum Gasteiger partial charge on any atom is -0.471 e. The Morgan fingerprint density at radius 2 is 2.31 bits per heavy atom. The van der Waals surface area contributed by atoms with Crippen LogP contribution in [0.25, 0.3) is 0 Å². The summed E-state index contributed by atoms with van der Waals surface area (Å²) >= 11 is 1.80. The molecule has 138 valence electrons. The molecule has 1 atom stereocenters. The summed E-state index contributed by atoms with van der Waals surface area (Å²) in [6.45, 7) is 5.93. The van der Waals surface area contributed by atoms with E-state index in [1.165, 1.54) is 12.3 Å². The fourth-order valence-corrected chi connectivity index (χ4v) is 5.15. The second kappa shape index (κ2) is 6.57. The number of halogens is 1. The van der Waals surface area contributed by atoms with Crippen LogP contribution >= 0.6 is 11.8 Å². The Labute approximate surface area is 155 Å². The number of carbonyl (C=O) groups is 1. The zero-order chi connectivity index (χ0) is 18.3. The Balaban J connectivity index is 1.37. The number of likely N-dealkylation sites (tertiary alicyclic amines) is 1. The first-order chi connectivity index (χ1) is 12.5. The van der Waals surface area contributed by atoms with Crippen molar-refractivity contribution in [2.24, 2.45) is 0 Å². The first-order valence-corrected chi connectivity index (χ1v) is 9.73. The van der Waals surface area contributed by atoms with Gasteiger partial charge in [0, 0.05) is 38.0 Å². The molecule has 2 saturated heterocycles. The lowest BCUT2D eigenvalue weighted by molar-refractivity contribution is 0.0502. The van der Waals surface area contributed by atoms with Gasteiger partial charge < -0.3 is 9.64 Å². The van der Waals surface area contributed by atoms with Gasteiger partial charge in [-0.15, -0.1) is 11.8 Å². The molecule has 0 aromatic carbocycles. The molecule has 6 nitrogen and oxygen atoms in total. The van der Waals surface area contributed by atoms with Gasteiger partial charge in [-0.3, -0.25) is 9.48 Å². The van der Waals surface area contributed by atoms with Crippen molar-refractivity contribution in [3.63, 3.8) is 0 Å². The second-order valence-corrected chi connectivity index (χ2v) is 8.36. The summed E-state index contributed by atoms with van der Waals surface area (Å²) in [6, 6.07) is 4.74. The van der Waals surface area contributed by atoms with Crippen molar-refractivity contribution in [2.45, 2.75) is 37.7 Å². The van der Waals surface area contributed by atoms with E-state index in [9.17, 15) is 9.18 Å². The monoisotopic (exact) mass is 376 g/mol. The highest BCUT2D eigenvalue weighted by atomic mass is 32.2. The predicted octanol–water partition coefficient (Wildman–Crippen LogP) is 2.52. The third kappa shape index (κ3) is 3.06. The lowest BCUT2D eigenvalue weighted by atomic mass is 9.92. The predicted molar refractivity (Wildman–Crippen MR) is 97.0 cm³/mol. The van der Waals surface area contributed by atoms with Crippen LogP contribution in [-0.4, -0.2) is 55.3 Å². The van der Waals surface area contributed by atoms with Crippen LogP contribution < -0.4 is 4.74 Å². The SMILES string of the molecule is CCn1nc(C)cc1C(=O)N1CC2(C[C@@H](Oc3ncccc3F)CS2)C1. The molecule has 2 fully saturated rings. The van der Waals surface area contributed by atoms with Gasteiger partial charge in [0.2, 0.25) is 0 Å². The standard InChI is InChI=1S/C18H21FN4O2S/c1-3-23-15(7-12(2)21-23)17(24)22-10-18(11-22)8-13(9-26-18)25-16-14(19)5-4-6-20-16/h4-7,13H,3,8-11H2,1-2H3/t13-/m1/s1. The van der Waals surface area contributed by atoms with Crippen LogP contribution in [0.4, 0.5) is 4.39 Å². The van der Waals surface area contributed by atoms with Gasteiger partial charge in [-0.25, -0.2) is 9.37 Å². The van der Waals surface area contributed by atoms with E-state index in [1.807, 2.05) is 24.8 Å². The number of thioether (sulfide) groups is 1. The molecule has 0 aliphatic carbocycles. The number of amides is 1. The zero-order valence-electron chi connectivity index (χ0n) is 14.8. The largest absolute Gasteiger partial charge is 0.471 e. The van der Waals surface area contributed by atoms with Crippen molar-refractivity contribution < 1.29 is 13.9 Å². The summed E-state index contributed by atoms with van der Waals surface area (Å²) < 4.78 is 21.2. The topological polar surface area (TPSA) is 60.2 Å². The number of nitrogens with zero attached hydrogens (tertiary/aromatic N) is 4. The molecule has 2 aliphatic heterocycles. The van der Waals surface area contributed by atoms with E-state index in [1.54, 1.807) is 22.5 Å². The Bertz CT molecular complexity index is 834. The Kier molecular flexibility index (Phi) is 4.38. The third-order valence-corrected chi connectivity index (χ3v) is 6.42. The van der Waals surface area contributed by atoms with E-state index in [2.05, 4.69) is 10.1 Å². The van der Waals surface area contributed by atoms with Crippen LogP contribution in [0.15, 0.2) is 24.4 Å². The van der Waals surface area contributed by atoms with Gasteiger partial charge in [0.1, 0.15) is 11.8 Å². The molecule has 0 saturated carbocycles. The fourth-order valence-electron chi connectivity index (χ4n) is 3.63. The summed E-state index contributed by atoms with van der Waals surface area (Å²) in [4.78, 5) is 18.6. The second-order valence-electron chi connectivity index (χ2n) is 6.88. The Morgan fingerprint density at radius 1 is 1.50 bits per heavy atom. The molecule has 0 radical (unpaired) electrons. The molecule has 8 heteroatoms. The van der Waals surface area contributed by atoms with Crippen molar-refractivity contribution in [1.29, 1.82) is 0 Å². The molecular formula is C18H21FN4O2S. The molecule has 2 aromatic heterocycles. The van der Waals surface area contributed by atoms with E-state index >= 15 is 0 Å². The van der Waals surface area contributed by atoms with Crippen molar-refractivity contribution in [3.05, 3.63) is 41.6 Å². The average molecular weight is 376 g/mol. The number of pyridine rings is 1. The summed E-state index contributed by atoms with van der Waals surface area (Å²) in [5.41, 5.74) is 1.50. The first kappa shape index (κ1) is 17.3.